The van der Waals surface area contributed by atoms with Gasteiger partial charge in [0.05, 0.1) is 28.4 Å². The fourth-order valence-corrected chi connectivity index (χ4v) is 3.15. The summed E-state index contributed by atoms with van der Waals surface area (Å²) in [7, 11) is 0. The molecule has 1 aromatic heterocycles. The Balaban J connectivity index is 1.98. The minimum absolute atomic E-state index is 0.251. The summed E-state index contributed by atoms with van der Waals surface area (Å²) >= 11 is 0. The second kappa shape index (κ2) is 6.16. The van der Waals surface area contributed by atoms with Gasteiger partial charge in [-0.05, 0) is 45.0 Å². The van der Waals surface area contributed by atoms with Crippen molar-refractivity contribution in [2.75, 3.05) is 13.4 Å². The highest BCUT2D eigenvalue weighted by atomic mass is 16.7. The van der Waals surface area contributed by atoms with Crippen molar-refractivity contribution in [1.29, 1.82) is 0 Å². The van der Waals surface area contributed by atoms with Crippen molar-refractivity contribution in [1.82, 2.24) is 0 Å². The molecule has 5 nitrogen and oxygen atoms in total. The molecule has 0 unspecified atom stereocenters. The molecule has 0 amide bonds. The minimum atomic E-state index is 0.251. The molecule has 128 valence electrons. The van der Waals surface area contributed by atoms with E-state index in [0.29, 0.717) is 12.4 Å². The summed E-state index contributed by atoms with van der Waals surface area (Å²) in [6.07, 6.45) is 0. The molecular formula is C20H19NO4. The van der Waals surface area contributed by atoms with Crippen molar-refractivity contribution >= 4 is 16.5 Å². The fourth-order valence-electron chi connectivity index (χ4n) is 3.15. The zero-order chi connectivity index (χ0) is 17.4. The van der Waals surface area contributed by atoms with E-state index in [4.69, 9.17) is 23.6 Å². The van der Waals surface area contributed by atoms with E-state index in [1.54, 1.807) is 0 Å². The first-order valence-electron chi connectivity index (χ1n) is 8.27. The first-order chi connectivity index (χ1) is 12.2. The topological polar surface area (TPSA) is 53.2 Å². The van der Waals surface area contributed by atoms with Crippen LogP contribution in [0.4, 0.5) is 5.69 Å². The van der Waals surface area contributed by atoms with Gasteiger partial charge in [0.1, 0.15) is 17.3 Å². The number of furan rings is 1. The smallest absolute Gasteiger partial charge is 0.231 e. The van der Waals surface area contributed by atoms with E-state index < -0.39 is 0 Å². The predicted octanol–water partition coefficient (Wildman–Crippen LogP) is 4.41. The second-order valence-corrected chi connectivity index (χ2v) is 5.82. The summed E-state index contributed by atoms with van der Waals surface area (Å²) in [6, 6.07) is 11.5. The third kappa shape index (κ3) is 2.71. The first-order valence-corrected chi connectivity index (χ1v) is 8.27. The number of benzene rings is 1. The first kappa shape index (κ1) is 15.6. The quantitative estimate of drug-likeness (QED) is 0.710. The summed E-state index contributed by atoms with van der Waals surface area (Å²) < 4.78 is 22.5. The molecule has 2 heterocycles. The van der Waals surface area contributed by atoms with E-state index in [9.17, 15) is 0 Å². The Labute approximate surface area is 145 Å². The van der Waals surface area contributed by atoms with Crippen molar-refractivity contribution in [3.63, 3.8) is 0 Å². The molecule has 0 atom stereocenters. The highest BCUT2D eigenvalue weighted by Crippen LogP contribution is 2.35. The Morgan fingerprint density at radius 2 is 1.80 bits per heavy atom. The van der Waals surface area contributed by atoms with Crippen LogP contribution in [0.25, 0.3) is 10.8 Å². The lowest BCUT2D eigenvalue weighted by molar-refractivity contribution is 0.174. The Hall–Kier alpha value is -2.95. The Bertz CT molecular complexity index is 1020. The molecular weight excluding hydrogens is 318 g/mol. The summed E-state index contributed by atoms with van der Waals surface area (Å²) in [5.41, 5.74) is 0.799. The van der Waals surface area contributed by atoms with Crippen molar-refractivity contribution in [2.24, 2.45) is 4.99 Å². The number of ether oxygens (including phenoxy) is 3. The second-order valence-electron chi connectivity index (χ2n) is 5.82. The van der Waals surface area contributed by atoms with E-state index in [0.717, 1.165) is 44.8 Å². The average Bonchev–Trinajstić information content (AvgIpc) is 3.11. The summed E-state index contributed by atoms with van der Waals surface area (Å²) in [6.45, 7) is 6.71. The largest absolute Gasteiger partial charge is 0.493 e. The highest BCUT2D eigenvalue weighted by molar-refractivity contribution is 5.91. The van der Waals surface area contributed by atoms with Gasteiger partial charge in [-0.1, -0.05) is 6.07 Å². The van der Waals surface area contributed by atoms with Gasteiger partial charge in [0.15, 0.2) is 11.5 Å². The predicted molar refractivity (Wildman–Crippen MR) is 94.6 cm³/mol. The summed E-state index contributed by atoms with van der Waals surface area (Å²) in [4.78, 5) is 4.81. The molecule has 0 saturated carbocycles. The maximum Gasteiger partial charge on any atom is 0.231 e. The Morgan fingerprint density at radius 3 is 2.64 bits per heavy atom. The molecule has 0 fully saturated rings. The third-order valence-electron chi connectivity index (χ3n) is 4.17. The molecule has 0 spiro atoms. The van der Waals surface area contributed by atoms with Gasteiger partial charge >= 0.3 is 0 Å². The minimum Gasteiger partial charge on any atom is -0.493 e. The monoisotopic (exact) mass is 337 g/mol. The zero-order valence-corrected chi connectivity index (χ0v) is 14.5. The molecule has 25 heavy (non-hydrogen) atoms. The van der Waals surface area contributed by atoms with E-state index in [-0.39, 0.29) is 6.79 Å². The number of rotatable bonds is 3. The zero-order valence-electron chi connectivity index (χ0n) is 14.5. The molecule has 1 aliphatic rings. The van der Waals surface area contributed by atoms with Crippen molar-refractivity contribution in [2.45, 2.75) is 20.8 Å². The normalized spacial score (nSPS) is 13.5. The standard InChI is InChI=1S/C20H19NO4/c1-4-22-17-7-5-6-15(19-12(2)25-13(3)20(17)19)21-14-8-9-16-18(10-14)24-11-23-16/h5-10H,4,11H2,1-3H3. The molecule has 3 aromatic rings. The van der Waals surface area contributed by atoms with Gasteiger partial charge < -0.3 is 18.6 Å². The molecule has 0 radical (unpaired) electrons. The lowest BCUT2D eigenvalue weighted by Gasteiger charge is -2.01. The number of aryl methyl sites for hydroxylation is 2. The van der Waals surface area contributed by atoms with Gasteiger partial charge in [0.2, 0.25) is 6.79 Å². The van der Waals surface area contributed by atoms with Gasteiger partial charge in [-0.2, -0.15) is 0 Å². The van der Waals surface area contributed by atoms with Crippen LogP contribution in [0.1, 0.15) is 18.4 Å². The van der Waals surface area contributed by atoms with Crippen LogP contribution in [-0.4, -0.2) is 13.4 Å². The van der Waals surface area contributed by atoms with Gasteiger partial charge in [0, 0.05) is 6.07 Å². The fraction of sp³-hybridized carbons (Fsp3) is 0.250. The number of hydrogen-bond acceptors (Lipinski definition) is 5. The number of hydrogen-bond donors (Lipinski definition) is 0. The molecule has 0 aliphatic carbocycles. The van der Waals surface area contributed by atoms with Crippen LogP contribution < -0.4 is 19.6 Å². The van der Waals surface area contributed by atoms with Gasteiger partial charge in [-0.15, -0.1) is 0 Å². The molecule has 0 saturated heterocycles. The van der Waals surface area contributed by atoms with Crippen molar-refractivity contribution < 1.29 is 18.6 Å². The SMILES string of the molecule is CCOc1cccc(=Nc2ccc3c(c2)OCO3)c2c(C)oc(C)c12. The molecule has 0 N–H and O–H groups in total. The van der Waals surface area contributed by atoms with Crippen molar-refractivity contribution in [3.05, 3.63) is 53.3 Å². The van der Waals surface area contributed by atoms with Crippen LogP contribution in [0, 0.1) is 13.8 Å². The lowest BCUT2D eigenvalue weighted by atomic mass is 10.2. The van der Waals surface area contributed by atoms with Crippen LogP contribution in [0.5, 0.6) is 17.2 Å². The maximum absolute atomic E-state index is 5.86. The third-order valence-corrected chi connectivity index (χ3v) is 4.17. The molecule has 1 aliphatic heterocycles. The van der Waals surface area contributed by atoms with Gasteiger partial charge in [0.25, 0.3) is 0 Å². The molecule has 4 rings (SSSR count). The number of nitrogens with zero attached hydrogens (tertiary/aromatic N) is 1. The number of fused-ring (bicyclic) bond motifs is 2. The van der Waals surface area contributed by atoms with Gasteiger partial charge in [-0.25, -0.2) is 4.99 Å². The lowest BCUT2D eigenvalue weighted by Crippen LogP contribution is -1.99. The summed E-state index contributed by atoms with van der Waals surface area (Å²) in [5.74, 6) is 3.92. The van der Waals surface area contributed by atoms with Crippen LogP contribution in [0.15, 0.2) is 45.8 Å². The van der Waals surface area contributed by atoms with Crippen LogP contribution in [-0.2, 0) is 0 Å². The molecule has 0 bridgehead atoms. The highest BCUT2D eigenvalue weighted by Gasteiger charge is 2.15. The van der Waals surface area contributed by atoms with Gasteiger partial charge in [-0.3, -0.25) is 0 Å². The van der Waals surface area contributed by atoms with E-state index in [1.807, 2.05) is 57.2 Å². The van der Waals surface area contributed by atoms with E-state index in [1.165, 1.54) is 0 Å². The van der Waals surface area contributed by atoms with E-state index in [2.05, 4.69) is 0 Å². The maximum atomic E-state index is 5.86. The average molecular weight is 337 g/mol. The van der Waals surface area contributed by atoms with E-state index >= 15 is 0 Å². The van der Waals surface area contributed by atoms with Crippen LogP contribution in [0.2, 0.25) is 0 Å². The molecule has 5 heteroatoms. The van der Waals surface area contributed by atoms with Crippen molar-refractivity contribution in [3.8, 4) is 17.2 Å². The Kier molecular flexibility index (Phi) is 3.84. The van der Waals surface area contributed by atoms with Crippen LogP contribution >= 0.6 is 0 Å². The Morgan fingerprint density at radius 1 is 1.00 bits per heavy atom. The van der Waals surface area contributed by atoms with Crippen LogP contribution in [0.3, 0.4) is 0 Å². The molecule has 2 aromatic carbocycles. The summed E-state index contributed by atoms with van der Waals surface area (Å²) in [5, 5.41) is 2.75.